The van der Waals surface area contributed by atoms with E-state index in [2.05, 4.69) is 13.8 Å². The number of nitrogens with one attached hydrogen (secondary N) is 1. The first-order valence-electron chi connectivity index (χ1n) is 12.2. The van der Waals surface area contributed by atoms with Crippen LogP contribution < -0.4 is 74.6 Å². The van der Waals surface area contributed by atoms with Crippen molar-refractivity contribution >= 4 is 38.1 Å². The van der Waals surface area contributed by atoms with Gasteiger partial charge in [-0.1, -0.05) is 90.9 Å². The first-order valence-corrected chi connectivity index (χ1v) is 15.2. The van der Waals surface area contributed by atoms with Crippen LogP contribution in [0.1, 0.15) is 104 Å². The molecule has 0 fully saturated rings. The second-order valence-electron chi connectivity index (χ2n) is 9.44. The summed E-state index contributed by atoms with van der Waals surface area (Å²) in [5, 5.41) is 20.1. The van der Waals surface area contributed by atoms with E-state index in [0.717, 1.165) is 38.0 Å². The summed E-state index contributed by atoms with van der Waals surface area (Å²) in [6.45, 7) is 4.45. The first-order chi connectivity index (χ1) is 16.6. The van der Waals surface area contributed by atoms with Gasteiger partial charge in [0.1, 0.15) is 0 Å². The number of hydrogen-bond donors (Lipinski definition) is 3. The van der Waals surface area contributed by atoms with E-state index < -0.39 is 54.6 Å². The van der Waals surface area contributed by atoms with Gasteiger partial charge >= 0.3 is 59.1 Å². The molecule has 2 atom stereocenters. The van der Waals surface area contributed by atoms with Crippen LogP contribution in [0.25, 0.3) is 0 Å². The van der Waals surface area contributed by atoms with Crippen molar-refractivity contribution in [3.8, 4) is 0 Å². The second kappa shape index (κ2) is 21.0. The Kier molecular flexibility index (Phi) is 23.6. The van der Waals surface area contributed by atoms with E-state index in [-0.39, 0.29) is 65.5 Å². The number of carbonyl (C=O) groups is 3. The van der Waals surface area contributed by atoms with E-state index in [1.54, 1.807) is 0 Å². The molecule has 0 aliphatic heterocycles. The van der Waals surface area contributed by atoms with Crippen LogP contribution in [-0.2, 0) is 34.6 Å². The zero-order valence-corrected chi connectivity index (χ0v) is 28.6. The molecule has 0 bridgehead atoms. The Morgan fingerprint density at radius 1 is 0.737 bits per heavy atom. The molecule has 12 nitrogen and oxygen atoms in total. The van der Waals surface area contributed by atoms with Crippen LogP contribution in [0.3, 0.4) is 0 Å². The van der Waals surface area contributed by atoms with Crippen molar-refractivity contribution in [3.63, 3.8) is 0 Å². The summed E-state index contributed by atoms with van der Waals surface area (Å²) in [5.41, 5.74) is 0. The molecule has 0 saturated carbocycles. The fraction of sp³-hybridized carbons (Fsp3) is 0.864. The largest absolute Gasteiger partial charge is 1.00 e. The number of amides is 1. The predicted octanol–water partition coefficient (Wildman–Crippen LogP) is -5.43. The minimum Gasteiger partial charge on any atom is -0.548 e. The van der Waals surface area contributed by atoms with Crippen LogP contribution in [0, 0.1) is 5.92 Å². The van der Waals surface area contributed by atoms with Gasteiger partial charge in [-0.2, -0.15) is 16.8 Å². The standard InChI is InChI=1S/C22H41NO11S2.2Na/c1-17(2)15-13-11-9-7-5-3-4-6-8-10-12-14-16-18(24)23-22(21(27)28,36(32,33)34)19(20(25)26)35(29,30)31;;/h17,19H,3-16H2,1-2H3,(H,23,24)(H,25,26)(H,27,28)(H,29,30,31)(H,32,33,34);;/q;2*+1/p-2. The van der Waals surface area contributed by atoms with Gasteiger partial charge in [0.25, 0.3) is 20.2 Å². The Morgan fingerprint density at radius 3 is 1.39 bits per heavy atom. The van der Waals surface area contributed by atoms with Gasteiger partial charge in [-0.25, -0.2) is 0 Å². The molecule has 2 unspecified atom stereocenters. The monoisotopic (exact) mass is 603 g/mol. The van der Waals surface area contributed by atoms with Gasteiger partial charge < -0.3 is 25.1 Å². The van der Waals surface area contributed by atoms with E-state index in [1.807, 2.05) is 0 Å². The molecular weight excluding hydrogens is 564 g/mol. The summed E-state index contributed by atoms with van der Waals surface area (Å²) in [4.78, 5) is 30.4. The van der Waals surface area contributed by atoms with Crippen molar-refractivity contribution in [1.29, 1.82) is 0 Å². The Hall–Kier alpha value is 0.230. The third kappa shape index (κ3) is 15.9. The Labute approximate surface area is 270 Å². The van der Waals surface area contributed by atoms with E-state index >= 15 is 0 Å². The topological polar surface area (TPSA) is 218 Å². The number of carboxylic acid groups (broad SMARTS) is 2. The van der Waals surface area contributed by atoms with E-state index in [1.165, 1.54) is 43.8 Å². The van der Waals surface area contributed by atoms with Crippen molar-refractivity contribution in [3.05, 3.63) is 0 Å². The van der Waals surface area contributed by atoms with E-state index in [4.69, 9.17) is 4.55 Å². The van der Waals surface area contributed by atoms with Crippen molar-refractivity contribution in [2.24, 2.45) is 5.92 Å². The minimum atomic E-state index is -6.16. The van der Waals surface area contributed by atoms with Crippen LogP contribution in [0.4, 0.5) is 0 Å². The average Bonchev–Trinajstić information content (AvgIpc) is 2.70. The summed E-state index contributed by atoms with van der Waals surface area (Å²) in [6.07, 6.45) is 12.5. The smallest absolute Gasteiger partial charge is 0.548 e. The first kappa shape index (κ1) is 42.7. The van der Waals surface area contributed by atoms with Crippen molar-refractivity contribution in [2.75, 3.05) is 0 Å². The molecule has 0 spiro atoms. The molecule has 0 aromatic rings. The van der Waals surface area contributed by atoms with Gasteiger partial charge in [0.15, 0.2) is 5.25 Å². The molecular formula is C22H39NNa2O11S2. The summed E-state index contributed by atoms with van der Waals surface area (Å²) in [5.74, 6) is -6.48. The summed E-state index contributed by atoms with van der Waals surface area (Å²) >= 11 is 0. The zero-order valence-electron chi connectivity index (χ0n) is 22.9. The van der Waals surface area contributed by atoms with Gasteiger partial charge in [-0.3, -0.25) is 13.9 Å². The Morgan fingerprint density at radius 2 is 1.11 bits per heavy atom. The van der Waals surface area contributed by atoms with Crippen LogP contribution in [-0.4, -0.2) is 53.9 Å². The molecule has 3 N–H and O–H groups in total. The molecule has 0 heterocycles. The van der Waals surface area contributed by atoms with Crippen LogP contribution in [0.15, 0.2) is 0 Å². The minimum absolute atomic E-state index is 0. The van der Waals surface area contributed by atoms with Gasteiger partial charge in [0.2, 0.25) is 10.8 Å². The fourth-order valence-corrected chi connectivity index (χ4v) is 6.27. The summed E-state index contributed by atoms with van der Waals surface area (Å²) in [7, 11) is -12.1. The van der Waals surface area contributed by atoms with Crippen molar-refractivity contribution in [2.45, 2.75) is 114 Å². The number of carboxylic acids is 2. The third-order valence-electron chi connectivity index (χ3n) is 5.85. The molecule has 0 saturated heterocycles. The van der Waals surface area contributed by atoms with Crippen molar-refractivity contribution in [1.82, 2.24) is 5.32 Å². The zero-order chi connectivity index (χ0) is 28.0. The fourth-order valence-electron chi connectivity index (χ4n) is 3.90. The molecule has 212 valence electrons. The van der Waals surface area contributed by atoms with Gasteiger partial charge in [0, 0.05) is 6.42 Å². The maximum Gasteiger partial charge on any atom is 1.00 e. The number of aliphatic carboxylic acids is 2. The number of unbranched alkanes of at least 4 members (excludes halogenated alkanes) is 11. The maximum absolute atomic E-state index is 12.1. The summed E-state index contributed by atoms with van der Waals surface area (Å²) < 4.78 is 64.5. The number of hydrogen-bond acceptors (Lipinski definition) is 9. The SMILES string of the molecule is CC(C)CCCCCCCCCCCCCCC(=O)NC(C(=O)[O-])(C(C(=O)[O-])S(=O)(=O)O)S(=O)(=O)O.[Na+].[Na+]. The predicted molar refractivity (Wildman–Crippen MR) is 127 cm³/mol. The van der Waals surface area contributed by atoms with E-state index in [9.17, 15) is 46.0 Å². The maximum atomic E-state index is 12.1. The van der Waals surface area contributed by atoms with Crippen LogP contribution in [0.5, 0.6) is 0 Å². The van der Waals surface area contributed by atoms with Crippen LogP contribution >= 0.6 is 0 Å². The Balaban J connectivity index is -0.00000612. The van der Waals surface area contributed by atoms with E-state index in [0.29, 0.717) is 6.42 Å². The average molecular weight is 604 g/mol. The molecule has 0 aromatic carbocycles. The van der Waals surface area contributed by atoms with Gasteiger partial charge in [-0.15, -0.1) is 0 Å². The summed E-state index contributed by atoms with van der Waals surface area (Å²) in [6, 6.07) is 0. The molecule has 38 heavy (non-hydrogen) atoms. The van der Waals surface area contributed by atoms with Gasteiger partial charge in [0.05, 0.1) is 11.9 Å². The molecule has 0 rings (SSSR count). The molecule has 1 amide bonds. The van der Waals surface area contributed by atoms with Crippen molar-refractivity contribution < 1.29 is 110 Å². The van der Waals surface area contributed by atoms with Gasteiger partial charge in [-0.05, 0) is 12.3 Å². The molecule has 0 aromatic heterocycles. The molecule has 0 aliphatic rings. The molecule has 0 radical (unpaired) electrons. The molecule has 16 heteroatoms. The third-order valence-corrected chi connectivity index (χ3v) is 8.46. The Bertz CT molecular complexity index is 928. The van der Waals surface area contributed by atoms with Crippen LogP contribution in [0.2, 0.25) is 0 Å². The molecule has 0 aliphatic carbocycles. The normalized spacial score (nSPS) is 14.0. The second-order valence-corrected chi connectivity index (χ2v) is 12.5. The quantitative estimate of drug-likeness (QED) is 0.0639. The number of carbonyl (C=O) groups excluding carboxylic acids is 3. The number of rotatable bonds is 21.